The van der Waals surface area contributed by atoms with Crippen molar-refractivity contribution in [2.75, 3.05) is 4.72 Å². The van der Waals surface area contributed by atoms with Crippen molar-refractivity contribution in [1.82, 2.24) is 9.38 Å². The Balaban J connectivity index is 1.45. The number of nitrogens with one attached hydrogen (secondary N) is 1. The lowest BCUT2D eigenvalue weighted by Crippen LogP contribution is -2.18. The third-order valence-corrected chi connectivity index (χ3v) is 6.39. The molecule has 0 unspecified atom stereocenters. The fourth-order valence-corrected chi connectivity index (χ4v) is 4.32. The summed E-state index contributed by atoms with van der Waals surface area (Å²) in [5.41, 5.74) is 2.90. The van der Waals surface area contributed by atoms with E-state index < -0.39 is 16.0 Å². The number of rotatable bonds is 6. The molecule has 2 aromatic carbocycles. The number of fused-ring (bicyclic) bond motifs is 1. The van der Waals surface area contributed by atoms with Crippen LogP contribution in [0.3, 0.4) is 0 Å². The Bertz CT molecular complexity index is 1490. The van der Waals surface area contributed by atoms with Crippen molar-refractivity contribution in [2.45, 2.75) is 25.3 Å². The van der Waals surface area contributed by atoms with Crippen LogP contribution in [0.25, 0.3) is 5.65 Å². The highest BCUT2D eigenvalue weighted by Crippen LogP contribution is 2.18. The first-order valence-electron chi connectivity index (χ1n) is 10.1. The Morgan fingerprint density at radius 2 is 1.70 bits per heavy atom. The van der Waals surface area contributed by atoms with Crippen molar-refractivity contribution in [1.29, 1.82) is 0 Å². The molecule has 0 radical (unpaired) electrons. The van der Waals surface area contributed by atoms with Crippen molar-refractivity contribution in [3.05, 3.63) is 106 Å². The van der Waals surface area contributed by atoms with E-state index in [0.29, 0.717) is 17.0 Å². The summed E-state index contributed by atoms with van der Waals surface area (Å²) in [5.74, 6) is -0.656. The minimum atomic E-state index is -3.80. The molecular formula is C24H21N3O5S. The molecule has 1 N–H and O–H groups in total. The summed E-state index contributed by atoms with van der Waals surface area (Å²) in [5, 5.41) is 0. The number of carbonyl (C=O) groups excluding carboxylic acids is 1. The van der Waals surface area contributed by atoms with Gasteiger partial charge >= 0.3 is 5.97 Å². The SMILES string of the molecule is Cc1ccc(NS(=O)(=O)c2ccc(C(=O)OCc3cc(=O)n4c(C)cccc4n3)cc2)cc1. The normalized spacial score (nSPS) is 11.3. The van der Waals surface area contributed by atoms with Gasteiger partial charge in [0, 0.05) is 17.4 Å². The molecule has 4 aromatic rings. The molecule has 0 atom stereocenters. The van der Waals surface area contributed by atoms with E-state index >= 15 is 0 Å². The van der Waals surface area contributed by atoms with Gasteiger partial charge < -0.3 is 4.74 Å². The van der Waals surface area contributed by atoms with Crippen LogP contribution < -0.4 is 10.3 Å². The minimum absolute atomic E-state index is 0.0132. The van der Waals surface area contributed by atoms with Gasteiger partial charge in [-0.3, -0.25) is 13.9 Å². The Hall–Kier alpha value is -3.98. The van der Waals surface area contributed by atoms with Gasteiger partial charge in [0.1, 0.15) is 12.3 Å². The molecule has 0 spiro atoms. The predicted octanol–water partition coefficient (Wildman–Crippen LogP) is 3.47. The molecule has 4 rings (SSSR count). The number of benzene rings is 2. The van der Waals surface area contributed by atoms with Crippen molar-refractivity contribution in [3.63, 3.8) is 0 Å². The first kappa shape index (κ1) is 22.2. The first-order valence-corrected chi connectivity index (χ1v) is 11.6. The van der Waals surface area contributed by atoms with Crippen molar-refractivity contribution >= 4 is 27.3 Å². The summed E-state index contributed by atoms with van der Waals surface area (Å²) in [4.78, 5) is 29.1. The van der Waals surface area contributed by atoms with E-state index in [0.717, 1.165) is 11.3 Å². The summed E-state index contributed by atoms with van der Waals surface area (Å²) < 4.78 is 34.4. The van der Waals surface area contributed by atoms with Crippen molar-refractivity contribution in [2.24, 2.45) is 0 Å². The molecule has 33 heavy (non-hydrogen) atoms. The second-order valence-corrected chi connectivity index (χ2v) is 9.20. The van der Waals surface area contributed by atoms with Crippen LogP contribution in [-0.2, 0) is 21.4 Å². The maximum atomic E-state index is 12.6. The average molecular weight is 464 g/mol. The van der Waals surface area contributed by atoms with Crippen LogP contribution >= 0.6 is 0 Å². The van der Waals surface area contributed by atoms with E-state index in [1.165, 1.54) is 34.7 Å². The lowest BCUT2D eigenvalue weighted by Gasteiger charge is -2.10. The van der Waals surface area contributed by atoms with Crippen LogP contribution in [0.5, 0.6) is 0 Å². The van der Waals surface area contributed by atoms with Crippen LogP contribution in [0.4, 0.5) is 5.69 Å². The van der Waals surface area contributed by atoms with Gasteiger partial charge in [-0.05, 0) is 62.4 Å². The number of sulfonamides is 1. The Labute approximate surface area is 190 Å². The third kappa shape index (κ3) is 4.93. The zero-order chi connectivity index (χ0) is 23.6. The van der Waals surface area contributed by atoms with Crippen molar-refractivity contribution < 1.29 is 17.9 Å². The molecule has 0 aliphatic heterocycles. The topological polar surface area (TPSA) is 107 Å². The van der Waals surface area contributed by atoms with E-state index in [2.05, 4.69) is 9.71 Å². The maximum absolute atomic E-state index is 12.6. The van der Waals surface area contributed by atoms with Gasteiger partial charge in [0.15, 0.2) is 0 Å². The number of esters is 1. The molecule has 0 amide bonds. The van der Waals surface area contributed by atoms with Gasteiger partial charge in [-0.15, -0.1) is 0 Å². The van der Waals surface area contributed by atoms with E-state index in [-0.39, 0.29) is 22.6 Å². The van der Waals surface area contributed by atoms with Gasteiger partial charge in [0.05, 0.1) is 16.2 Å². The lowest BCUT2D eigenvalue weighted by molar-refractivity contribution is 0.0467. The summed E-state index contributed by atoms with van der Waals surface area (Å²) in [7, 11) is -3.80. The largest absolute Gasteiger partial charge is 0.456 e. The number of carbonyl (C=O) groups is 1. The summed E-state index contributed by atoms with van der Waals surface area (Å²) >= 11 is 0. The third-order valence-electron chi connectivity index (χ3n) is 4.99. The highest BCUT2D eigenvalue weighted by molar-refractivity contribution is 7.92. The number of hydrogen-bond acceptors (Lipinski definition) is 6. The van der Waals surface area contributed by atoms with Crippen LogP contribution in [0.1, 0.15) is 27.3 Å². The molecule has 0 aliphatic carbocycles. The van der Waals surface area contributed by atoms with Crippen LogP contribution in [0, 0.1) is 13.8 Å². The number of hydrogen-bond donors (Lipinski definition) is 1. The van der Waals surface area contributed by atoms with Gasteiger partial charge in [-0.1, -0.05) is 23.8 Å². The number of aryl methyl sites for hydroxylation is 2. The van der Waals surface area contributed by atoms with E-state index in [1.807, 2.05) is 6.92 Å². The van der Waals surface area contributed by atoms with Gasteiger partial charge in [0.25, 0.3) is 15.6 Å². The highest BCUT2D eigenvalue weighted by atomic mass is 32.2. The molecule has 0 saturated heterocycles. The molecule has 8 nitrogen and oxygen atoms in total. The number of pyridine rings is 1. The highest BCUT2D eigenvalue weighted by Gasteiger charge is 2.16. The molecule has 9 heteroatoms. The number of ether oxygens (including phenoxy) is 1. The molecule has 0 fully saturated rings. The Morgan fingerprint density at radius 3 is 2.39 bits per heavy atom. The zero-order valence-electron chi connectivity index (χ0n) is 18.0. The number of anilines is 1. The van der Waals surface area contributed by atoms with Crippen LogP contribution in [-0.4, -0.2) is 23.8 Å². The molecule has 2 aromatic heterocycles. The predicted molar refractivity (Wildman–Crippen MR) is 124 cm³/mol. The smallest absolute Gasteiger partial charge is 0.338 e. The first-order chi connectivity index (χ1) is 15.7. The average Bonchev–Trinajstić information content (AvgIpc) is 2.79. The van der Waals surface area contributed by atoms with E-state index in [4.69, 9.17) is 4.74 Å². The second kappa shape index (κ2) is 8.87. The standard InChI is InChI=1S/C24H21N3O5S/c1-16-6-10-19(11-7-16)26-33(30,31)21-12-8-18(9-13-21)24(29)32-15-20-14-23(28)27-17(2)4-3-5-22(27)25-20/h3-14,26H,15H2,1-2H3. The quantitative estimate of drug-likeness (QED) is 0.439. The number of aromatic nitrogens is 2. The lowest BCUT2D eigenvalue weighted by atomic mass is 10.2. The van der Waals surface area contributed by atoms with Gasteiger partial charge in [-0.25, -0.2) is 18.2 Å². The molecule has 0 saturated carbocycles. The molecule has 168 valence electrons. The summed E-state index contributed by atoms with van der Waals surface area (Å²) in [6.45, 7) is 3.52. The molecule has 0 bridgehead atoms. The fourth-order valence-electron chi connectivity index (χ4n) is 3.27. The Kier molecular flexibility index (Phi) is 5.97. The molecule has 0 aliphatic rings. The zero-order valence-corrected chi connectivity index (χ0v) is 18.8. The second-order valence-electron chi connectivity index (χ2n) is 7.52. The Morgan fingerprint density at radius 1 is 1.00 bits per heavy atom. The van der Waals surface area contributed by atoms with E-state index in [1.54, 1.807) is 49.4 Å². The fraction of sp³-hybridized carbons (Fsp3) is 0.125. The van der Waals surface area contributed by atoms with Gasteiger partial charge in [0.2, 0.25) is 0 Å². The molecular weight excluding hydrogens is 442 g/mol. The summed E-state index contributed by atoms with van der Waals surface area (Å²) in [6, 6.07) is 19.0. The maximum Gasteiger partial charge on any atom is 0.338 e. The van der Waals surface area contributed by atoms with Crippen LogP contribution in [0.2, 0.25) is 0 Å². The number of nitrogens with zero attached hydrogens (tertiary/aromatic N) is 2. The molecule has 2 heterocycles. The summed E-state index contributed by atoms with van der Waals surface area (Å²) in [6.07, 6.45) is 0. The van der Waals surface area contributed by atoms with Crippen LogP contribution in [0.15, 0.2) is 82.5 Å². The minimum Gasteiger partial charge on any atom is -0.456 e. The van der Waals surface area contributed by atoms with Gasteiger partial charge in [-0.2, -0.15) is 0 Å². The van der Waals surface area contributed by atoms with Crippen molar-refractivity contribution in [3.8, 4) is 0 Å². The van der Waals surface area contributed by atoms with E-state index in [9.17, 15) is 18.0 Å². The monoisotopic (exact) mass is 463 g/mol.